The zero-order valence-electron chi connectivity index (χ0n) is 10.6. The van der Waals surface area contributed by atoms with Gasteiger partial charge in [0.25, 0.3) is 10.0 Å². The van der Waals surface area contributed by atoms with Gasteiger partial charge < -0.3 is 5.32 Å². The number of sulfonamides is 1. The number of aromatic nitrogens is 2. The third-order valence-electron chi connectivity index (χ3n) is 2.41. The fraction of sp³-hybridized carbons (Fsp3) is 0.0909. The third-order valence-corrected chi connectivity index (χ3v) is 4.63. The summed E-state index contributed by atoms with van der Waals surface area (Å²) in [5.74, 6) is -0.300. The van der Waals surface area contributed by atoms with Crippen molar-refractivity contribution in [1.82, 2.24) is 9.97 Å². The molecule has 10 heteroatoms. The minimum absolute atomic E-state index is 0.0377. The molecule has 0 spiro atoms. The summed E-state index contributed by atoms with van der Waals surface area (Å²) in [5.41, 5.74) is 0.0377. The lowest BCUT2D eigenvalue weighted by Crippen LogP contribution is -2.14. The standard InChI is InChI=1S/C11H9BrClFN4O2S/c1-15-11-16-4-7(5-17-11)21(19,20)18-10-8(12)2-6(14)3-9(10)13/h2-5,18H,1H3,(H,15,16,17). The fourth-order valence-electron chi connectivity index (χ4n) is 1.42. The molecule has 0 atom stereocenters. The second kappa shape index (κ2) is 6.12. The summed E-state index contributed by atoms with van der Waals surface area (Å²) in [4.78, 5) is 7.49. The Bertz CT molecular complexity index is 747. The number of nitrogens with zero attached hydrogens (tertiary/aromatic N) is 2. The second-order valence-corrected chi connectivity index (χ2v) is 6.79. The molecule has 0 bridgehead atoms. The number of rotatable bonds is 4. The maximum Gasteiger partial charge on any atom is 0.265 e. The Morgan fingerprint density at radius 3 is 2.43 bits per heavy atom. The second-order valence-electron chi connectivity index (χ2n) is 3.84. The lowest BCUT2D eigenvalue weighted by atomic mass is 10.3. The highest BCUT2D eigenvalue weighted by Gasteiger charge is 2.19. The van der Waals surface area contributed by atoms with Crippen molar-refractivity contribution in [3.05, 3.63) is 39.8 Å². The van der Waals surface area contributed by atoms with E-state index in [4.69, 9.17) is 11.6 Å². The molecule has 0 amide bonds. The van der Waals surface area contributed by atoms with Crippen LogP contribution < -0.4 is 10.0 Å². The zero-order valence-corrected chi connectivity index (χ0v) is 13.7. The Hall–Kier alpha value is -1.45. The van der Waals surface area contributed by atoms with Gasteiger partial charge >= 0.3 is 0 Å². The molecule has 1 aromatic carbocycles. The van der Waals surface area contributed by atoms with Crippen LogP contribution in [0.15, 0.2) is 33.9 Å². The van der Waals surface area contributed by atoms with Gasteiger partial charge in [-0.25, -0.2) is 22.8 Å². The molecule has 0 unspecified atom stereocenters. The van der Waals surface area contributed by atoms with E-state index in [2.05, 4.69) is 35.9 Å². The Kier molecular flexibility index (Phi) is 4.64. The molecule has 2 rings (SSSR count). The van der Waals surface area contributed by atoms with Gasteiger partial charge in [0.15, 0.2) is 0 Å². The molecule has 2 N–H and O–H groups in total. The third kappa shape index (κ3) is 3.60. The fourth-order valence-corrected chi connectivity index (χ4v) is 3.49. The van der Waals surface area contributed by atoms with E-state index in [-0.39, 0.29) is 26.0 Å². The van der Waals surface area contributed by atoms with Crippen LogP contribution in [0.25, 0.3) is 0 Å². The van der Waals surface area contributed by atoms with Crippen LogP contribution >= 0.6 is 27.5 Å². The Morgan fingerprint density at radius 2 is 1.90 bits per heavy atom. The van der Waals surface area contributed by atoms with Gasteiger partial charge in [0.2, 0.25) is 5.95 Å². The highest BCUT2D eigenvalue weighted by atomic mass is 79.9. The smallest absolute Gasteiger partial charge is 0.265 e. The molecule has 21 heavy (non-hydrogen) atoms. The molecule has 0 aliphatic carbocycles. The minimum Gasteiger partial charge on any atom is -0.357 e. The molecule has 112 valence electrons. The van der Waals surface area contributed by atoms with Gasteiger partial charge in [-0.2, -0.15) is 0 Å². The average Bonchev–Trinajstić information content (AvgIpc) is 2.43. The molecular formula is C11H9BrClFN4O2S. The number of hydrogen-bond donors (Lipinski definition) is 2. The van der Waals surface area contributed by atoms with Gasteiger partial charge in [-0.3, -0.25) is 4.72 Å². The Labute approximate surface area is 133 Å². The molecule has 0 saturated carbocycles. The molecule has 1 heterocycles. The zero-order chi connectivity index (χ0) is 15.6. The quantitative estimate of drug-likeness (QED) is 0.831. The van der Waals surface area contributed by atoms with Crippen LogP contribution in [0.1, 0.15) is 0 Å². The Morgan fingerprint density at radius 1 is 1.29 bits per heavy atom. The first-order valence-corrected chi connectivity index (χ1v) is 8.16. The van der Waals surface area contributed by atoms with Gasteiger partial charge in [0, 0.05) is 11.5 Å². The highest BCUT2D eigenvalue weighted by Crippen LogP contribution is 2.33. The number of halogens is 3. The van der Waals surface area contributed by atoms with Crippen molar-refractivity contribution in [2.24, 2.45) is 0 Å². The molecule has 2 aromatic rings. The van der Waals surface area contributed by atoms with E-state index in [1.807, 2.05) is 0 Å². The number of nitrogens with one attached hydrogen (secondary N) is 2. The lowest BCUT2D eigenvalue weighted by molar-refractivity contribution is 0.600. The van der Waals surface area contributed by atoms with Crippen LogP contribution in [0.3, 0.4) is 0 Å². The summed E-state index contributed by atoms with van der Waals surface area (Å²) in [5, 5.41) is 2.60. The SMILES string of the molecule is CNc1ncc(S(=O)(=O)Nc2c(Cl)cc(F)cc2Br)cn1. The van der Waals surface area contributed by atoms with E-state index in [1.165, 1.54) is 0 Å². The molecular weight excluding hydrogens is 387 g/mol. The van der Waals surface area contributed by atoms with Gasteiger partial charge in [0.05, 0.1) is 23.1 Å². The summed E-state index contributed by atoms with van der Waals surface area (Å²) in [7, 11) is -2.33. The molecule has 0 radical (unpaired) electrons. The molecule has 0 saturated heterocycles. The van der Waals surface area contributed by atoms with Crippen molar-refractivity contribution in [2.75, 3.05) is 17.1 Å². The molecule has 0 aliphatic heterocycles. The van der Waals surface area contributed by atoms with Crippen LogP contribution in [0.4, 0.5) is 16.0 Å². The maximum atomic E-state index is 13.1. The first kappa shape index (κ1) is 15.9. The lowest BCUT2D eigenvalue weighted by Gasteiger charge is -2.11. The maximum absolute atomic E-state index is 13.1. The predicted molar refractivity (Wildman–Crippen MR) is 81.5 cm³/mol. The summed E-state index contributed by atoms with van der Waals surface area (Å²) in [6.07, 6.45) is 2.29. The molecule has 0 fully saturated rings. The van der Waals surface area contributed by atoms with E-state index in [9.17, 15) is 12.8 Å². The van der Waals surface area contributed by atoms with Gasteiger partial charge in [0.1, 0.15) is 10.7 Å². The topological polar surface area (TPSA) is 84.0 Å². The van der Waals surface area contributed by atoms with E-state index in [0.717, 1.165) is 24.5 Å². The van der Waals surface area contributed by atoms with Gasteiger partial charge in [-0.15, -0.1) is 0 Å². The normalized spacial score (nSPS) is 11.2. The van der Waals surface area contributed by atoms with Crippen LogP contribution in [0.2, 0.25) is 5.02 Å². The van der Waals surface area contributed by atoms with Crippen LogP contribution in [0.5, 0.6) is 0 Å². The largest absolute Gasteiger partial charge is 0.357 e. The average molecular weight is 396 g/mol. The van der Waals surface area contributed by atoms with Crippen LogP contribution in [-0.4, -0.2) is 25.4 Å². The monoisotopic (exact) mass is 394 g/mol. The van der Waals surface area contributed by atoms with Crippen LogP contribution in [0, 0.1) is 5.82 Å². The van der Waals surface area contributed by atoms with Crippen LogP contribution in [-0.2, 0) is 10.0 Å². The first-order chi connectivity index (χ1) is 9.83. The van der Waals surface area contributed by atoms with Crippen molar-refractivity contribution < 1.29 is 12.8 Å². The molecule has 1 aromatic heterocycles. The summed E-state index contributed by atoms with van der Waals surface area (Å²) >= 11 is 8.89. The number of anilines is 2. The van der Waals surface area contributed by atoms with E-state index < -0.39 is 15.8 Å². The minimum atomic E-state index is -3.94. The molecule has 0 aliphatic rings. The van der Waals surface area contributed by atoms with Crippen molar-refractivity contribution in [1.29, 1.82) is 0 Å². The highest BCUT2D eigenvalue weighted by molar-refractivity contribution is 9.10. The van der Waals surface area contributed by atoms with Gasteiger partial charge in [-0.05, 0) is 28.1 Å². The number of benzene rings is 1. The van der Waals surface area contributed by atoms with E-state index in [1.54, 1.807) is 7.05 Å². The van der Waals surface area contributed by atoms with Gasteiger partial charge in [-0.1, -0.05) is 11.6 Å². The summed E-state index contributed by atoms with van der Waals surface area (Å²) < 4.78 is 40.0. The number of hydrogen-bond acceptors (Lipinski definition) is 5. The van der Waals surface area contributed by atoms with E-state index in [0.29, 0.717) is 0 Å². The van der Waals surface area contributed by atoms with Crippen molar-refractivity contribution >= 4 is 49.2 Å². The van der Waals surface area contributed by atoms with Crippen molar-refractivity contribution in [3.8, 4) is 0 Å². The first-order valence-electron chi connectivity index (χ1n) is 5.50. The summed E-state index contributed by atoms with van der Waals surface area (Å²) in [6, 6.07) is 2.11. The predicted octanol–water partition coefficient (Wildman–Crippen LogP) is 2.87. The van der Waals surface area contributed by atoms with Crippen molar-refractivity contribution in [3.63, 3.8) is 0 Å². The summed E-state index contributed by atoms with van der Waals surface area (Å²) in [6.45, 7) is 0. The molecule has 6 nitrogen and oxygen atoms in total. The van der Waals surface area contributed by atoms with Crippen molar-refractivity contribution in [2.45, 2.75) is 4.90 Å². The Balaban J connectivity index is 2.37. The van der Waals surface area contributed by atoms with E-state index >= 15 is 0 Å².